The molecule has 0 aliphatic carbocycles. The van der Waals surface area contributed by atoms with E-state index < -0.39 is 0 Å². The highest BCUT2D eigenvalue weighted by atomic mass is 79.9. The van der Waals surface area contributed by atoms with Gasteiger partial charge in [0.2, 0.25) is 0 Å². The SMILES string of the molecule is CCOCC(C)Oc1ccc(C(C)=O)cc1Br. The van der Waals surface area contributed by atoms with Crippen molar-refractivity contribution in [3.63, 3.8) is 0 Å². The highest BCUT2D eigenvalue weighted by Crippen LogP contribution is 2.27. The number of halogens is 1. The summed E-state index contributed by atoms with van der Waals surface area (Å²) in [7, 11) is 0. The van der Waals surface area contributed by atoms with Gasteiger partial charge < -0.3 is 9.47 Å². The third-order valence-electron chi connectivity index (χ3n) is 2.22. The normalized spacial score (nSPS) is 12.2. The molecule has 1 aromatic rings. The van der Waals surface area contributed by atoms with E-state index in [2.05, 4.69) is 15.9 Å². The van der Waals surface area contributed by atoms with Gasteiger partial charge in [-0.15, -0.1) is 0 Å². The monoisotopic (exact) mass is 300 g/mol. The first-order valence-corrected chi connectivity index (χ1v) is 6.38. The standard InChI is InChI=1S/C13H17BrO3/c1-4-16-8-9(2)17-13-6-5-11(10(3)15)7-12(13)14/h5-7,9H,4,8H2,1-3H3. The lowest BCUT2D eigenvalue weighted by molar-refractivity contribution is 0.0653. The average Bonchev–Trinajstić information content (AvgIpc) is 2.28. The van der Waals surface area contributed by atoms with Gasteiger partial charge in [-0.25, -0.2) is 0 Å². The van der Waals surface area contributed by atoms with Crippen LogP contribution in [0.3, 0.4) is 0 Å². The number of Topliss-reactive ketones (excluding diaryl/α,β-unsaturated/α-hetero) is 1. The minimum Gasteiger partial charge on any atom is -0.487 e. The molecule has 1 unspecified atom stereocenters. The Balaban J connectivity index is 2.69. The van der Waals surface area contributed by atoms with Gasteiger partial charge in [0.1, 0.15) is 11.9 Å². The maximum atomic E-state index is 11.2. The van der Waals surface area contributed by atoms with Crippen molar-refractivity contribution in [3.8, 4) is 5.75 Å². The molecule has 0 bridgehead atoms. The summed E-state index contributed by atoms with van der Waals surface area (Å²) in [6.07, 6.45) is -0.0190. The molecular weight excluding hydrogens is 284 g/mol. The Kier molecular flexibility index (Phi) is 5.65. The average molecular weight is 301 g/mol. The molecule has 94 valence electrons. The summed E-state index contributed by atoms with van der Waals surface area (Å²) < 4.78 is 11.8. The van der Waals surface area contributed by atoms with Crippen LogP contribution < -0.4 is 4.74 Å². The fourth-order valence-corrected chi connectivity index (χ4v) is 1.82. The number of ketones is 1. The third kappa shape index (κ3) is 4.48. The second-order valence-corrected chi connectivity index (χ2v) is 4.64. The summed E-state index contributed by atoms with van der Waals surface area (Å²) in [5.74, 6) is 0.766. The summed E-state index contributed by atoms with van der Waals surface area (Å²) >= 11 is 3.39. The molecule has 1 rings (SSSR count). The van der Waals surface area contributed by atoms with Crippen LogP contribution in [0.15, 0.2) is 22.7 Å². The predicted molar refractivity (Wildman–Crippen MR) is 70.7 cm³/mol. The fourth-order valence-electron chi connectivity index (χ4n) is 1.35. The summed E-state index contributed by atoms with van der Waals surface area (Å²) in [6, 6.07) is 5.32. The van der Waals surface area contributed by atoms with E-state index in [1.807, 2.05) is 13.8 Å². The fraction of sp³-hybridized carbons (Fsp3) is 0.462. The van der Waals surface area contributed by atoms with E-state index in [1.54, 1.807) is 25.1 Å². The van der Waals surface area contributed by atoms with E-state index in [0.717, 1.165) is 10.2 Å². The highest BCUT2D eigenvalue weighted by molar-refractivity contribution is 9.10. The Morgan fingerprint density at radius 2 is 2.18 bits per heavy atom. The van der Waals surface area contributed by atoms with Gasteiger partial charge >= 0.3 is 0 Å². The number of carbonyl (C=O) groups is 1. The quantitative estimate of drug-likeness (QED) is 0.755. The summed E-state index contributed by atoms with van der Waals surface area (Å²) in [4.78, 5) is 11.2. The van der Waals surface area contributed by atoms with Crippen LogP contribution in [0.25, 0.3) is 0 Å². The molecule has 0 saturated carbocycles. The van der Waals surface area contributed by atoms with Crippen LogP contribution >= 0.6 is 15.9 Å². The molecule has 0 heterocycles. The Bertz CT molecular complexity index is 390. The zero-order valence-corrected chi connectivity index (χ0v) is 11.9. The second kappa shape index (κ2) is 6.77. The second-order valence-electron chi connectivity index (χ2n) is 3.79. The Labute approximate surface area is 110 Å². The topological polar surface area (TPSA) is 35.5 Å². The molecule has 0 amide bonds. The van der Waals surface area contributed by atoms with Gasteiger partial charge in [0.05, 0.1) is 11.1 Å². The van der Waals surface area contributed by atoms with E-state index in [-0.39, 0.29) is 11.9 Å². The number of rotatable bonds is 6. The predicted octanol–water partition coefficient (Wildman–Crippen LogP) is 3.46. The van der Waals surface area contributed by atoms with Crippen molar-refractivity contribution in [1.82, 2.24) is 0 Å². The van der Waals surface area contributed by atoms with Crippen molar-refractivity contribution in [3.05, 3.63) is 28.2 Å². The van der Waals surface area contributed by atoms with E-state index in [4.69, 9.17) is 9.47 Å². The summed E-state index contributed by atoms with van der Waals surface area (Å²) in [5, 5.41) is 0. The molecule has 0 aliphatic heterocycles. The van der Waals surface area contributed by atoms with Gasteiger partial charge in [-0.05, 0) is 54.9 Å². The van der Waals surface area contributed by atoms with Crippen molar-refractivity contribution >= 4 is 21.7 Å². The van der Waals surface area contributed by atoms with Crippen LogP contribution in [0.1, 0.15) is 31.1 Å². The zero-order chi connectivity index (χ0) is 12.8. The molecule has 0 aromatic heterocycles. The first kappa shape index (κ1) is 14.2. The summed E-state index contributed by atoms with van der Waals surface area (Å²) in [5.41, 5.74) is 0.668. The molecule has 4 heteroatoms. The van der Waals surface area contributed by atoms with E-state index in [9.17, 15) is 4.79 Å². The van der Waals surface area contributed by atoms with Gasteiger partial charge in [0.15, 0.2) is 5.78 Å². The van der Waals surface area contributed by atoms with Gasteiger partial charge in [0, 0.05) is 12.2 Å². The van der Waals surface area contributed by atoms with Gasteiger partial charge in [-0.1, -0.05) is 0 Å². The highest BCUT2D eigenvalue weighted by Gasteiger charge is 2.09. The first-order chi connectivity index (χ1) is 8.04. The molecule has 0 aliphatic rings. The van der Waals surface area contributed by atoms with Crippen LogP contribution in [-0.2, 0) is 4.74 Å². The molecule has 0 radical (unpaired) electrons. The maximum Gasteiger partial charge on any atom is 0.159 e. The minimum absolute atomic E-state index is 0.0190. The van der Waals surface area contributed by atoms with Crippen LogP contribution in [0, 0.1) is 0 Å². The molecule has 1 atom stereocenters. The van der Waals surface area contributed by atoms with Crippen molar-refractivity contribution in [2.75, 3.05) is 13.2 Å². The molecule has 1 aromatic carbocycles. The first-order valence-electron chi connectivity index (χ1n) is 5.59. The van der Waals surface area contributed by atoms with Gasteiger partial charge in [-0.2, -0.15) is 0 Å². The van der Waals surface area contributed by atoms with E-state index in [1.165, 1.54) is 0 Å². The van der Waals surface area contributed by atoms with E-state index >= 15 is 0 Å². The molecule has 0 fully saturated rings. The largest absolute Gasteiger partial charge is 0.487 e. The minimum atomic E-state index is -0.0190. The van der Waals surface area contributed by atoms with Crippen molar-refractivity contribution in [2.45, 2.75) is 26.9 Å². The molecule has 0 N–H and O–H groups in total. The Morgan fingerprint density at radius 1 is 1.47 bits per heavy atom. The lowest BCUT2D eigenvalue weighted by Gasteiger charge is -2.15. The lowest BCUT2D eigenvalue weighted by Crippen LogP contribution is -2.19. The lowest BCUT2D eigenvalue weighted by atomic mass is 10.1. The van der Waals surface area contributed by atoms with Crippen LogP contribution in [-0.4, -0.2) is 25.1 Å². The Hall–Kier alpha value is -0.870. The molecule has 0 saturated heterocycles. The van der Waals surface area contributed by atoms with Crippen LogP contribution in [0.4, 0.5) is 0 Å². The Morgan fingerprint density at radius 3 is 2.71 bits per heavy atom. The number of hydrogen-bond acceptors (Lipinski definition) is 3. The molecule has 17 heavy (non-hydrogen) atoms. The summed E-state index contributed by atoms with van der Waals surface area (Å²) in [6.45, 7) is 6.67. The number of benzene rings is 1. The number of carbonyl (C=O) groups excluding carboxylic acids is 1. The smallest absolute Gasteiger partial charge is 0.159 e. The van der Waals surface area contributed by atoms with Gasteiger partial charge in [0.25, 0.3) is 0 Å². The van der Waals surface area contributed by atoms with Crippen molar-refractivity contribution < 1.29 is 14.3 Å². The molecular formula is C13H17BrO3. The zero-order valence-electron chi connectivity index (χ0n) is 10.3. The van der Waals surface area contributed by atoms with Crippen LogP contribution in [0.2, 0.25) is 0 Å². The van der Waals surface area contributed by atoms with Crippen molar-refractivity contribution in [2.24, 2.45) is 0 Å². The van der Waals surface area contributed by atoms with Gasteiger partial charge in [-0.3, -0.25) is 4.79 Å². The van der Waals surface area contributed by atoms with E-state index in [0.29, 0.717) is 18.8 Å². The molecule has 0 spiro atoms. The maximum absolute atomic E-state index is 11.2. The third-order valence-corrected chi connectivity index (χ3v) is 2.84. The van der Waals surface area contributed by atoms with Crippen LogP contribution in [0.5, 0.6) is 5.75 Å². The molecule has 3 nitrogen and oxygen atoms in total. The number of ether oxygens (including phenoxy) is 2. The van der Waals surface area contributed by atoms with Crippen molar-refractivity contribution in [1.29, 1.82) is 0 Å². The number of hydrogen-bond donors (Lipinski definition) is 0.